The number of amides is 2. The number of halogens is 1. The first-order chi connectivity index (χ1) is 10.1. The van der Waals surface area contributed by atoms with Crippen molar-refractivity contribution in [2.75, 3.05) is 17.6 Å². The summed E-state index contributed by atoms with van der Waals surface area (Å²) in [7, 11) is 0. The van der Waals surface area contributed by atoms with Gasteiger partial charge in [-0.15, -0.1) is 0 Å². The van der Waals surface area contributed by atoms with Crippen LogP contribution in [0.25, 0.3) is 0 Å². The molecule has 0 aliphatic rings. The third-order valence-electron chi connectivity index (χ3n) is 3.11. The highest BCUT2D eigenvalue weighted by Gasteiger charge is 2.14. The number of carbonyl (C=O) groups is 1. The van der Waals surface area contributed by atoms with E-state index in [0.717, 1.165) is 5.56 Å². The highest BCUT2D eigenvalue weighted by molar-refractivity contribution is 5.89. The molecule has 0 fully saturated rings. The summed E-state index contributed by atoms with van der Waals surface area (Å²) >= 11 is 0. The van der Waals surface area contributed by atoms with Gasteiger partial charge in [0.25, 0.3) is 0 Å². The first kappa shape index (κ1) is 14.8. The van der Waals surface area contributed by atoms with Gasteiger partial charge in [0.15, 0.2) is 0 Å². The Morgan fingerprint density at radius 3 is 2.67 bits per heavy atom. The second-order valence-corrected chi connectivity index (χ2v) is 4.67. The van der Waals surface area contributed by atoms with Crippen molar-refractivity contribution in [3.05, 3.63) is 59.9 Å². The first-order valence-electron chi connectivity index (χ1n) is 6.75. The van der Waals surface area contributed by atoms with Crippen LogP contribution in [-0.4, -0.2) is 17.5 Å². The van der Waals surface area contributed by atoms with Gasteiger partial charge in [0, 0.05) is 18.8 Å². The van der Waals surface area contributed by atoms with Crippen molar-refractivity contribution in [2.24, 2.45) is 0 Å². The van der Waals surface area contributed by atoms with Crippen molar-refractivity contribution in [1.82, 2.24) is 4.90 Å². The first-order valence-corrected chi connectivity index (χ1v) is 6.75. The van der Waals surface area contributed by atoms with Gasteiger partial charge >= 0.3 is 6.03 Å². The summed E-state index contributed by atoms with van der Waals surface area (Å²) in [5, 5.41) is 2.58. The number of nitrogens with one attached hydrogen (secondary N) is 1. The Balaban J connectivity index is 2.07. The van der Waals surface area contributed by atoms with Crippen LogP contribution in [-0.2, 0) is 6.54 Å². The maximum Gasteiger partial charge on any atom is 0.322 e. The molecule has 0 aromatic heterocycles. The molecule has 0 radical (unpaired) electrons. The van der Waals surface area contributed by atoms with Crippen LogP contribution in [0.15, 0.2) is 48.5 Å². The zero-order valence-electron chi connectivity index (χ0n) is 11.8. The summed E-state index contributed by atoms with van der Waals surface area (Å²) in [6.45, 7) is 2.80. The predicted molar refractivity (Wildman–Crippen MR) is 82.4 cm³/mol. The van der Waals surface area contributed by atoms with Crippen LogP contribution in [0, 0.1) is 5.82 Å². The maximum absolute atomic E-state index is 13.5. The van der Waals surface area contributed by atoms with Gasteiger partial charge in [0.1, 0.15) is 5.82 Å². The Morgan fingerprint density at radius 2 is 2.00 bits per heavy atom. The van der Waals surface area contributed by atoms with E-state index in [1.165, 1.54) is 12.1 Å². The average Bonchev–Trinajstić information content (AvgIpc) is 2.47. The number of para-hydroxylation sites is 1. The molecule has 2 rings (SSSR count). The summed E-state index contributed by atoms with van der Waals surface area (Å²) in [5.74, 6) is -0.453. The average molecular weight is 287 g/mol. The largest absolute Gasteiger partial charge is 0.399 e. The molecular formula is C16H18FN3O. The van der Waals surface area contributed by atoms with Gasteiger partial charge in [-0.2, -0.15) is 0 Å². The number of benzene rings is 2. The monoisotopic (exact) mass is 287 g/mol. The molecule has 21 heavy (non-hydrogen) atoms. The van der Waals surface area contributed by atoms with E-state index in [0.29, 0.717) is 18.8 Å². The number of carbonyl (C=O) groups excluding carboxylic acids is 1. The summed E-state index contributed by atoms with van der Waals surface area (Å²) in [6, 6.07) is 13.1. The van der Waals surface area contributed by atoms with Crippen molar-refractivity contribution in [2.45, 2.75) is 13.5 Å². The molecule has 0 atom stereocenters. The Bertz CT molecular complexity index is 630. The fourth-order valence-corrected chi connectivity index (χ4v) is 2.00. The molecule has 3 N–H and O–H groups in total. The van der Waals surface area contributed by atoms with Crippen molar-refractivity contribution in [3.8, 4) is 0 Å². The van der Waals surface area contributed by atoms with E-state index in [1.807, 2.05) is 25.1 Å². The normalized spacial score (nSPS) is 10.2. The van der Waals surface area contributed by atoms with Crippen LogP contribution in [0.4, 0.5) is 20.6 Å². The van der Waals surface area contributed by atoms with E-state index in [4.69, 9.17) is 5.73 Å². The number of hydrogen-bond acceptors (Lipinski definition) is 2. The summed E-state index contributed by atoms with van der Waals surface area (Å²) < 4.78 is 13.5. The number of rotatable bonds is 4. The summed E-state index contributed by atoms with van der Waals surface area (Å²) in [6.07, 6.45) is 0. The number of nitrogen functional groups attached to an aromatic ring is 1. The lowest BCUT2D eigenvalue weighted by molar-refractivity contribution is 0.212. The molecule has 0 spiro atoms. The zero-order valence-corrected chi connectivity index (χ0v) is 11.8. The lowest BCUT2D eigenvalue weighted by atomic mass is 10.2. The third-order valence-corrected chi connectivity index (χ3v) is 3.11. The smallest absolute Gasteiger partial charge is 0.322 e. The standard InChI is InChI=1S/C16H18FN3O/c1-2-20(11-12-6-5-7-13(18)10-12)16(21)19-15-9-4-3-8-14(15)17/h3-10H,2,11,18H2,1H3,(H,19,21). The molecule has 0 saturated carbocycles. The molecule has 4 nitrogen and oxygen atoms in total. The van der Waals surface area contributed by atoms with Crippen molar-refractivity contribution < 1.29 is 9.18 Å². The molecule has 5 heteroatoms. The summed E-state index contributed by atoms with van der Waals surface area (Å²) in [4.78, 5) is 13.8. The maximum atomic E-state index is 13.5. The van der Waals surface area contributed by atoms with E-state index in [-0.39, 0.29) is 11.7 Å². The number of nitrogens with two attached hydrogens (primary N) is 1. The Hall–Kier alpha value is -2.56. The van der Waals surface area contributed by atoms with Crippen LogP contribution >= 0.6 is 0 Å². The zero-order chi connectivity index (χ0) is 15.2. The van der Waals surface area contributed by atoms with Crippen LogP contribution in [0.5, 0.6) is 0 Å². The van der Waals surface area contributed by atoms with Crippen molar-refractivity contribution >= 4 is 17.4 Å². The minimum Gasteiger partial charge on any atom is -0.399 e. The molecule has 110 valence electrons. The molecule has 2 aromatic rings. The third kappa shape index (κ3) is 3.95. The van der Waals surface area contributed by atoms with Crippen molar-refractivity contribution in [1.29, 1.82) is 0 Å². The van der Waals surface area contributed by atoms with Gasteiger partial charge in [-0.1, -0.05) is 24.3 Å². The van der Waals surface area contributed by atoms with Gasteiger partial charge in [-0.05, 0) is 36.8 Å². The van der Waals surface area contributed by atoms with Gasteiger partial charge in [-0.3, -0.25) is 0 Å². The number of urea groups is 1. The molecule has 2 aromatic carbocycles. The second-order valence-electron chi connectivity index (χ2n) is 4.67. The van der Waals surface area contributed by atoms with Gasteiger partial charge in [0.2, 0.25) is 0 Å². The summed E-state index contributed by atoms with van der Waals surface area (Å²) in [5.41, 5.74) is 7.48. The fraction of sp³-hybridized carbons (Fsp3) is 0.188. The van der Waals surface area contributed by atoms with Gasteiger partial charge in [0.05, 0.1) is 5.69 Å². The van der Waals surface area contributed by atoms with E-state index in [1.54, 1.807) is 23.1 Å². The second kappa shape index (κ2) is 6.74. The van der Waals surface area contributed by atoms with Crippen LogP contribution in [0.1, 0.15) is 12.5 Å². The molecule has 0 aliphatic carbocycles. The van der Waals surface area contributed by atoms with Gasteiger partial charge < -0.3 is 16.0 Å². The Kier molecular flexibility index (Phi) is 4.77. The minimum absolute atomic E-state index is 0.175. The van der Waals surface area contributed by atoms with E-state index >= 15 is 0 Å². The fourth-order valence-electron chi connectivity index (χ4n) is 2.00. The molecule has 2 amide bonds. The highest BCUT2D eigenvalue weighted by Crippen LogP contribution is 2.15. The number of nitrogens with zero attached hydrogens (tertiary/aromatic N) is 1. The van der Waals surface area contributed by atoms with Gasteiger partial charge in [-0.25, -0.2) is 9.18 Å². The molecule has 0 bridgehead atoms. The number of hydrogen-bond donors (Lipinski definition) is 2. The quantitative estimate of drug-likeness (QED) is 0.846. The molecule has 0 heterocycles. The lowest BCUT2D eigenvalue weighted by Gasteiger charge is -2.21. The minimum atomic E-state index is -0.453. The molecule has 0 aliphatic heterocycles. The lowest BCUT2D eigenvalue weighted by Crippen LogP contribution is -2.34. The highest BCUT2D eigenvalue weighted by atomic mass is 19.1. The van der Waals surface area contributed by atoms with E-state index in [2.05, 4.69) is 5.32 Å². The molecule has 0 unspecified atom stereocenters. The van der Waals surface area contributed by atoms with Crippen LogP contribution in [0.2, 0.25) is 0 Å². The van der Waals surface area contributed by atoms with E-state index in [9.17, 15) is 9.18 Å². The SMILES string of the molecule is CCN(Cc1cccc(N)c1)C(=O)Nc1ccccc1F. The predicted octanol–water partition coefficient (Wildman–Crippen LogP) is 3.46. The Morgan fingerprint density at radius 1 is 1.24 bits per heavy atom. The molecule has 0 saturated heterocycles. The number of anilines is 2. The van der Waals surface area contributed by atoms with Crippen LogP contribution in [0.3, 0.4) is 0 Å². The molecular weight excluding hydrogens is 269 g/mol. The Labute approximate surface area is 123 Å². The van der Waals surface area contributed by atoms with Crippen LogP contribution < -0.4 is 11.1 Å². The van der Waals surface area contributed by atoms with E-state index < -0.39 is 5.82 Å². The van der Waals surface area contributed by atoms with Crippen molar-refractivity contribution in [3.63, 3.8) is 0 Å². The topological polar surface area (TPSA) is 58.4 Å².